The van der Waals surface area contributed by atoms with Crippen molar-refractivity contribution in [1.82, 2.24) is 10.2 Å². The van der Waals surface area contributed by atoms with Gasteiger partial charge in [-0.3, -0.25) is 19.3 Å². The summed E-state index contributed by atoms with van der Waals surface area (Å²) in [4.78, 5) is 38.8. The van der Waals surface area contributed by atoms with Gasteiger partial charge in [0.15, 0.2) is 0 Å². The molecule has 0 spiro atoms. The minimum Gasteiger partial charge on any atom is -0.493 e. The molecule has 5 atom stereocenters. The summed E-state index contributed by atoms with van der Waals surface area (Å²) in [6.07, 6.45) is 5.86. The molecule has 6 nitrogen and oxygen atoms in total. The van der Waals surface area contributed by atoms with Crippen molar-refractivity contribution < 1.29 is 19.1 Å². The normalized spacial score (nSPS) is 33.0. The van der Waals surface area contributed by atoms with E-state index in [-0.39, 0.29) is 53.9 Å². The van der Waals surface area contributed by atoms with Crippen LogP contribution >= 0.6 is 0 Å². The summed E-state index contributed by atoms with van der Waals surface area (Å²) < 4.78 is 5.74. The predicted molar refractivity (Wildman–Crippen MR) is 96.6 cm³/mol. The van der Waals surface area contributed by atoms with Gasteiger partial charge in [0.05, 0.1) is 18.4 Å². The Kier molecular flexibility index (Phi) is 3.81. The molecule has 140 valence electrons. The first kappa shape index (κ1) is 16.5. The lowest BCUT2D eigenvalue weighted by molar-refractivity contribution is -0.144. The van der Waals surface area contributed by atoms with Crippen LogP contribution in [0.3, 0.4) is 0 Å². The van der Waals surface area contributed by atoms with Crippen LogP contribution in [0.15, 0.2) is 36.4 Å². The van der Waals surface area contributed by atoms with E-state index in [1.54, 1.807) is 0 Å². The molecule has 0 aromatic heterocycles. The van der Waals surface area contributed by atoms with Crippen LogP contribution < -0.4 is 10.1 Å². The van der Waals surface area contributed by atoms with Crippen LogP contribution in [0.1, 0.15) is 12.0 Å². The number of imide groups is 1. The lowest BCUT2D eigenvalue weighted by Crippen LogP contribution is -2.44. The Labute approximate surface area is 157 Å². The van der Waals surface area contributed by atoms with E-state index in [0.29, 0.717) is 13.2 Å². The second-order valence-electron chi connectivity index (χ2n) is 8.06. The average molecular weight is 366 g/mol. The van der Waals surface area contributed by atoms with Gasteiger partial charge in [-0.2, -0.15) is 0 Å². The highest BCUT2D eigenvalue weighted by molar-refractivity contribution is 6.08. The number of rotatable bonds is 4. The van der Waals surface area contributed by atoms with E-state index in [1.807, 2.05) is 24.3 Å². The number of allylic oxidation sites excluding steroid dienone is 2. The van der Waals surface area contributed by atoms with Gasteiger partial charge in [0, 0.05) is 12.5 Å². The maximum atomic E-state index is 12.6. The third-order valence-corrected chi connectivity index (χ3v) is 6.41. The molecule has 4 aliphatic rings. The Morgan fingerprint density at radius 1 is 1.11 bits per heavy atom. The molecular formula is C21H22N2O4. The number of nitrogens with one attached hydrogen (secondary N) is 1. The number of fused-ring (bicyclic) bond motifs is 6. The quantitative estimate of drug-likeness (QED) is 0.641. The minimum atomic E-state index is -0.282. The lowest BCUT2D eigenvalue weighted by atomic mass is 9.85. The summed E-state index contributed by atoms with van der Waals surface area (Å²) in [5.74, 6) is 0.311. The number of benzene rings is 1. The zero-order valence-electron chi connectivity index (χ0n) is 15.0. The number of carbonyl (C=O) groups excluding carboxylic acids is 3. The molecule has 27 heavy (non-hydrogen) atoms. The van der Waals surface area contributed by atoms with Gasteiger partial charge in [0.1, 0.15) is 12.3 Å². The van der Waals surface area contributed by atoms with Crippen molar-refractivity contribution >= 4 is 17.7 Å². The van der Waals surface area contributed by atoms with E-state index < -0.39 is 0 Å². The highest BCUT2D eigenvalue weighted by Gasteiger charge is 2.59. The number of likely N-dealkylation sites (tertiary alicyclic amines) is 1. The van der Waals surface area contributed by atoms with Crippen LogP contribution in [0.2, 0.25) is 0 Å². The van der Waals surface area contributed by atoms with Crippen LogP contribution in [0.4, 0.5) is 0 Å². The molecular weight excluding hydrogens is 344 g/mol. The van der Waals surface area contributed by atoms with Crippen molar-refractivity contribution in [2.45, 2.75) is 12.8 Å². The third-order valence-electron chi connectivity index (χ3n) is 6.41. The molecule has 1 saturated carbocycles. The number of para-hydroxylation sites is 1. The summed E-state index contributed by atoms with van der Waals surface area (Å²) in [7, 11) is 0. The lowest BCUT2D eigenvalue weighted by Gasteiger charge is -2.25. The molecule has 1 saturated heterocycles. The van der Waals surface area contributed by atoms with E-state index in [4.69, 9.17) is 4.74 Å². The molecule has 2 bridgehead atoms. The first-order valence-corrected chi connectivity index (χ1v) is 9.63. The van der Waals surface area contributed by atoms with Gasteiger partial charge in [0.25, 0.3) is 0 Å². The van der Waals surface area contributed by atoms with E-state index in [9.17, 15) is 14.4 Å². The molecule has 2 heterocycles. The first-order chi connectivity index (χ1) is 13.1. The SMILES string of the molecule is O=C(CN1C(=O)[C@@H]2[C@H](C1=O)[C@H]1C=C[C@H]2C1)NC[C@@H]1COc2ccccc2C1. The fourth-order valence-electron chi connectivity index (χ4n) is 5.10. The second kappa shape index (κ2) is 6.22. The van der Waals surface area contributed by atoms with Gasteiger partial charge in [-0.1, -0.05) is 30.4 Å². The van der Waals surface area contributed by atoms with Gasteiger partial charge in [-0.05, 0) is 36.3 Å². The van der Waals surface area contributed by atoms with Crippen LogP contribution in [-0.4, -0.2) is 42.3 Å². The Morgan fingerprint density at radius 2 is 1.81 bits per heavy atom. The van der Waals surface area contributed by atoms with Crippen molar-refractivity contribution in [3.05, 3.63) is 42.0 Å². The monoisotopic (exact) mass is 366 g/mol. The fourth-order valence-corrected chi connectivity index (χ4v) is 5.10. The van der Waals surface area contributed by atoms with E-state index in [1.165, 1.54) is 4.90 Å². The van der Waals surface area contributed by atoms with Gasteiger partial charge in [-0.15, -0.1) is 0 Å². The highest BCUT2D eigenvalue weighted by atomic mass is 16.5. The Hall–Kier alpha value is -2.63. The topological polar surface area (TPSA) is 75.7 Å². The zero-order chi connectivity index (χ0) is 18.5. The van der Waals surface area contributed by atoms with Crippen LogP contribution in [0, 0.1) is 29.6 Å². The molecule has 1 aromatic rings. The fraction of sp³-hybridized carbons (Fsp3) is 0.476. The third kappa shape index (κ3) is 2.66. The highest BCUT2D eigenvalue weighted by Crippen LogP contribution is 2.52. The van der Waals surface area contributed by atoms with Gasteiger partial charge >= 0.3 is 0 Å². The number of carbonyl (C=O) groups is 3. The molecule has 1 N–H and O–H groups in total. The Balaban J connectivity index is 1.17. The zero-order valence-corrected chi connectivity index (χ0v) is 15.0. The van der Waals surface area contributed by atoms with Crippen LogP contribution in [0.25, 0.3) is 0 Å². The molecule has 2 aliphatic heterocycles. The molecule has 1 aromatic carbocycles. The van der Waals surface area contributed by atoms with Crippen molar-refractivity contribution in [2.75, 3.05) is 19.7 Å². The summed E-state index contributed by atoms with van der Waals surface area (Å²) >= 11 is 0. The number of amides is 3. The van der Waals surface area contributed by atoms with Gasteiger partial charge < -0.3 is 10.1 Å². The van der Waals surface area contributed by atoms with Gasteiger partial charge in [-0.25, -0.2) is 0 Å². The maximum absolute atomic E-state index is 12.6. The smallest absolute Gasteiger partial charge is 0.240 e. The minimum absolute atomic E-state index is 0.170. The van der Waals surface area contributed by atoms with Crippen molar-refractivity contribution in [1.29, 1.82) is 0 Å². The van der Waals surface area contributed by atoms with Gasteiger partial charge in [0.2, 0.25) is 17.7 Å². The summed E-state index contributed by atoms with van der Waals surface area (Å²) in [6, 6.07) is 7.91. The maximum Gasteiger partial charge on any atom is 0.240 e. The average Bonchev–Trinajstić information content (AvgIpc) is 3.36. The Morgan fingerprint density at radius 3 is 2.56 bits per heavy atom. The van der Waals surface area contributed by atoms with Crippen LogP contribution in [-0.2, 0) is 20.8 Å². The van der Waals surface area contributed by atoms with Crippen molar-refractivity contribution in [2.24, 2.45) is 29.6 Å². The molecule has 3 amide bonds. The summed E-state index contributed by atoms with van der Waals surface area (Å²) in [6.45, 7) is 0.857. The molecule has 6 heteroatoms. The molecule has 5 rings (SSSR count). The predicted octanol–water partition coefficient (Wildman–Crippen LogP) is 1.16. The largest absolute Gasteiger partial charge is 0.493 e. The molecule has 0 radical (unpaired) electrons. The molecule has 2 fully saturated rings. The number of hydrogen-bond acceptors (Lipinski definition) is 4. The summed E-state index contributed by atoms with van der Waals surface area (Å²) in [5, 5.41) is 2.87. The molecule has 0 unspecified atom stereocenters. The summed E-state index contributed by atoms with van der Waals surface area (Å²) in [5.41, 5.74) is 1.14. The van der Waals surface area contributed by atoms with Crippen molar-refractivity contribution in [3.8, 4) is 5.75 Å². The van der Waals surface area contributed by atoms with E-state index >= 15 is 0 Å². The number of ether oxygens (including phenoxy) is 1. The number of hydrogen-bond donors (Lipinski definition) is 1. The van der Waals surface area contributed by atoms with E-state index in [2.05, 4.69) is 17.5 Å². The number of nitrogens with zero attached hydrogens (tertiary/aromatic N) is 1. The van der Waals surface area contributed by atoms with Crippen LogP contribution in [0.5, 0.6) is 5.75 Å². The second-order valence-corrected chi connectivity index (χ2v) is 8.06. The molecule has 2 aliphatic carbocycles. The van der Waals surface area contributed by atoms with E-state index in [0.717, 1.165) is 24.2 Å². The Bertz CT molecular complexity index is 818. The first-order valence-electron chi connectivity index (χ1n) is 9.63. The van der Waals surface area contributed by atoms with Crippen molar-refractivity contribution in [3.63, 3.8) is 0 Å². The standard InChI is InChI=1S/C21H22N2O4/c24-17(22-9-12-7-13-3-1-2-4-16(13)27-11-12)10-23-20(25)18-14-5-6-15(8-14)19(18)21(23)26/h1-6,12,14-15,18-19H,7-11H2,(H,22,24)/t12-,14+,15+,18-,19+/m1/s1.